The standard InChI is InChI=1S/C13H23N3O2S/c1-4-7-10-19(17,18)15-13-9-8-12(11-14-13)16(5-2)6-3/h8-9,11H,4-7,10H2,1-3H3,(H,14,15). The fourth-order valence-corrected chi connectivity index (χ4v) is 2.98. The molecule has 19 heavy (non-hydrogen) atoms. The summed E-state index contributed by atoms with van der Waals surface area (Å²) >= 11 is 0. The number of anilines is 2. The van der Waals surface area contributed by atoms with Crippen LogP contribution in [0.5, 0.6) is 0 Å². The van der Waals surface area contributed by atoms with Gasteiger partial charge >= 0.3 is 0 Å². The van der Waals surface area contributed by atoms with Crippen LogP contribution in [0.2, 0.25) is 0 Å². The lowest BCUT2D eigenvalue weighted by Gasteiger charge is -2.20. The van der Waals surface area contributed by atoms with Gasteiger partial charge in [-0.25, -0.2) is 13.4 Å². The molecule has 5 nitrogen and oxygen atoms in total. The van der Waals surface area contributed by atoms with Crippen LogP contribution in [0.25, 0.3) is 0 Å². The van der Waals surface area contributed by atoms with Crippen molar-refractivity contribution in [2.75, 3.05) is 28.5 Å². The van der Waals surface area contributed by atoms with Crippen LogP contribution in [-0.2, 0) is 10.0 Å². The molecule has 0 aromatic carbocycles. The Labute approximate surface area is 116 Å². The van der Waals surface area contributed by atoms with Crippen molar-refractivity contribution in [3.05, 3.63) is 18.3 Å². The van der Waals surface area contributed by atoms with E-state index in [1.54, 1.807) is 12.3 Å². The molecular formula is C13H23N3O2S. The molecule has 0 saturated heterocycles. The summed E-state index contributed by atoms with van der Waals surface area (Å²) in [5, 5.41) is 0. The fourth-order valence-electron chi connectivity index (χ4n) is 1.77. The van der Waals surface area contributed by atoms with Crippen LogP contribution in [0.4, 0.5) is 11.5 Å². The Morgan fingerprint density at radius 2 is 1.89 bits per heavy atom. The quantitative estimate of drug-likeness (QED) is 0.797. The summed E-state index contributed by atoms with van der Waals surface area (Å²) in [4.78, 5) is 6.31. The van der Waals surface area contributed by atoms with Gasteiger partial charge < -0.3 is 4.90 Å². The number of hydrogen-bond acceptors (Lipinski definition) is 4. The SMILES string of the molecule is CCCCS(=O)(=O)Nc1ccc(N(CC)CC)cn1. The van der Waals surface area contributed by atoms with Crippen LogP contribution < -0.4 is 9.62 Å². The van der Waals surface area contributed by atoms with Crippen molar-refractivity contribution in [1.82, 2.24) is 4.98 Å². The first-order valence-electron chi connectivity index (χ1n) is 6.73. The van der Waals surface area contributed by atoms with Crippen molar-refractivity contribution in [3.63, 3.8) is 0 Å². The summed E-state index contributed by atoms with van der Waals surface area (Å²) in [6, 6.07) is 3.59. The molecule has 1 aromatic rings. The fraction of sp³-hybridized carbons (Fsp3) is 0.615. The number of rotatable bonds is 8. The molecule has 0 aliphatic carbocycles. The monoisotopic (exact) mass is 285 g/mol. The van der Waals surface area contributed by atoms with Crippen molar-refractivity contribution in [2.45, 2.75) is 33.6 Å². The predicted octanol–water partition coefficient (Wildman–Crippen LogP) is 2.47. The first kappa shape index (κ1) is 15.8. The smallest absolute Gasteiger partial charge is 0.233 e. The van der Waals surface area contributed by atoms with E-state index in [4.69, 9.17) is 0 Å². The molecule has 1 aromatic heterocycles. The van der Waals surface area contributed by atoms with Gasteiger partial charge in [0.05, 0.1) is 17.6 Å². The topological polar surface area (TPSA) is 62.3 Å². The number of aromatic nitrogens is 1. The zero-order chi connectivity index (χ0) is 14.3. The number of unbranched alkanes of at least 4 members (excludes halogenated alkanes) is 1. The van der Waals surface area contributed by atoms with Crippen molar-refractivity contribution in [1.29, 1.82) is 0 Å². The third kappa shape index (κ3) is 5.06. The molecular weight excluding hydrogens is 262 g/mol. The molecule has 0 radical (unpaired) electrons. The van der Waals surface area contributed by atoms with E-state index in [2.05, 4.69) is 28.5 Å². The van der Waals surface area contributed by atoms with Crippen LogP contribution in [0.1, 0.15) is 33.6 Å². The number of sulfonamides is 1. The molecule has 1 heterocycles. The molecule has 108 valence electrons. The van der Waals surface area contributed by atoms with E-state index in [-0.39, 0.29) is 5.75 Å². The van der Waals surface area contributed by atoms with Gasteiger partial charge in [0.25, 0.3) is 0 Å². The second-order valence-corrected chi connectivity index (χ2v) is 6.19. The van der Waals surface area contributed by atoms with E-state index in [0.29, 0.717) is 12.2 Å². The van der Waals surface area contributed by atoms with Crippen molar-refractivity contribution in [3.8, 4) is 0 Å². The van der Waals surface area contributed by atoms with E-state index in [9.17, 15) is 8.42 Å². The Morgan fingerprint density at radius 1 is 1.21 bits per heavy atom. The van der Waals surface area contributed by atoms with Gasteiger partial charge in [-0.1, -0.05) is 13.3 Å². The first-order valence-corrected chi connectivity index (χ1v) is 8.39. The van der Waals surface area contributed by atoms with Crippen LogP contribution in [-0.4, -0.2) is 32.2 Å². The highest BCUT2D eigenvalue weighted by atomic mass is 32.2. The van der Waals surface area contributed by atoms with E-state index >= 15 is 0 Å². The van der Waals surface area contributed by atoms with Gasteiger partial charge in [0.2, 0.25) is 10.0 Å². The Morgan fingerprint density at radius 3 is 2.37 bits per heavy atom. The van der Waals surface area contributed by atoms with Gasteiger partial charge in [0.1, 0.15) is 5.82 Å². The normalized spacial score (nSPS) is 11.3. The maximum absolute atomic E-state index is 11.7. The largest absolute Gasteiger partial charge is 0.371 e. The highest BCUT2D eigenvalue weighted by Crippen LogP contribution is 2.15. The van der Waals surface area contributed by atoms with Crippen molar-refractivity contribution in [2.24, 2.45) is 0 Å². The first-order chi connectivity index (χ1) is 9.02. The summed E-state index contributed by atoms with van der Waals surface area (Å²) in [5.74, 6) is 0.523. The summed E-state index contributed by atoms with van der Waals surface area (Å²) in [5.41, 5.74) is 1.00. The number of hydrogen-bond donors (Lipinski definition) is 1. The molecule has 1 rings (SSSR count). The molecule has 0 bridgehead atoms. The number of nitrogens with one attached hydrogen (secondary N) is 1. The van der Waals surface area contributed by atoms with E-state index < -0.39 is 10.0 Å². The summed E-state index contributed by atoms with van der Waals surface area (Å²) in [7, 11) is -3.27. The Bertz CT molecular complexity index is 467. The molecule has 6 heteroatoms. The second-order valence-electron chi connectivity index (χ2n) is 4.35. The molecule has 0 saturated carbocycles. The lowest BCUT2D eigenvalue weighted by Crippen LogP contribution is -2.22. The number of pyridine rings is 1. The van der Waals surface area contributed by atoms with Gasteiger partial charge in [-0.3, -0.25) is 4.72 Å². The lowest BCUT2D eigenvalue weighted by molar-refractivity contribution is 0.597. The molecule has 1 N–H and O–H groups in total. The third-order valence-corrected chi connectivity index (χ3v) is 4.25. The Balaban J connectivity index is 2.71. The number of nitrogens with zero attached hydrogens (tertiary/aromatic N) is 2. The minimum absolute atomic E-state index is 0.142. The van der Waals surface area contributed by atoms with Gasteiger partial charge in [0, 0.05) is 13.1 Å². The van der Waals surface area contributed by atoms with Crippen LogP contribution in [0, 0.1) is 0 Å². The Hall–Kier alpha value is -1.30. The zero-order valence-corrected chi connectivity index (χ0v) is 12.7. The molecule has 0 fully saturated rings. The minimum atomic E-state index is -3.27. The van der Waals surface area contributed by atoms with Crippen LogP contribution in [0.3, 0.4) is 0 Å². The summed E-state index contributed by atoms with van der Waals surface area (Å²) in [6.07, 6.45) is 3.22. The average Bonchev–Trinajstić information content (AvgIpc) is 2.39. The molecule has 0 unspecified atom stereocenters. The highest BCUT2D eigenvalue weighted by Gasteiger charge is 2.10. The zero-order valence-electron chi connectivity index (χ0n) is 11.9. The van der Waals surface area contributed by atoms with Crippen molar-refractivity contribution < 1.29 is 8.42 Å². The second kappa shape index (κ2) is 7.33. The van der Waals surface area contributed by atoms with Gasteiger partial charge in [0.15, 0.2) is 0 Å². The van der Waals surface area contributed by atoms with E-state index in [1.807, 2.05) is 13.0 Å². The maximum atomic E-state index is 11.7. The van der Waals surface area contributed by atoms with Crippen LogP contribution >= 0.6 is 0 Å². The van der Waals surface area contributed by atoms with E-state index in [0.717, 1.165) is 25.2 Å². The van der Waals surface area contributed by atoms with Crippen LogP contribution in [0.15, 0.2) is 18.3 Å². The molecule has 0 atom stereocenters. The highest BCUT2D eigenvalue weighted by molar-refractivity contribution is 7.92. The van der Waals surface area contributed by atoms with E-state index in [1.165, 1.54) is 0 Å². The van der Waals surface area contributed by atoms with Gasteiger partial charge in [-0.05, 0) is 32.4 Å². The molecule has 0 aliphatic rings. The van der Waals surface area contributed by atoms with Gasteiger partial charge in [-0.2, -0.15) is 0 Å². The third-order valence-electron chi connectivity index (χ3n) is 2.90. The molecule has 0 spiro atoms. The lowest BCUT2D eigenvalue weighted by atomic mass is 10.3. The van der Waals surface area contributed by atoms with Crippen molar-refractivity contribution >= 4 is 21.5 Å². The maximum Gasteiger partial charge on any atom is 0.233 e. The summed E-state index contributed by atoms with van der Waals surface area (Å²) in [6.45, 7) is 7.92. The average molecular weight is 285 g/mol. The molecule has 0 aliphatic heterocycles. The van der Waals surface area contributed by atoms with Gasteiger partial charge in [-0.15, -0.1) is 0 Å². The minimum Gasteiger partial charge on any atom is -0.371 e. The molecule has 0 amide bonds. The Kier molecular flexibility index (Phi) is 6.08. The predicted molar refractivity (Wildman–Crippen MR) is 80.1 cm³/mol. The summed E-state index contributed by atoms with van der Waals surface area (Å²) < 4.78 is 26.0.